The summed E-state index contributed by atoms with van der Waals surface area (Å²) in [5.41, 5.74) is 1.31. The van der Waals surface area contributed by atoms with Gasteiger partial charge in [-0.25, -0.2) is 0 Å². The third-order valence-electron chi connectivity index (χ3n) is 6.62. The molecule has 2 aromatic rings. The summed E-state index contributed by atoms with van der Waals surface area (Å²) in [6.45, 7) is 1.36. The van der Waals surface area contributed by atoms with Gasteiger partial charge in [0.1, 0.15) is 0 Å². The van der Waals surface area contributed by atoms with E-state index in [-0.39, 0.29) is 11.6 Å². The summed E-state index contributed by atoms with van der Waals surface area (Å²) in [6, 6.07) is 7.06. The maximum absolute atomic E-state index is 14.0. The highest BCUT2D eigenvalue weighted by Gasteiger charge is 2.46. The fourth-order valence-electron chi connectivity index (χ4n) is 4.77. The highest BCUT2D eigenvalue weighted by molar-refractivity contribution is 6.08. The van der Waals surface area contributed by atoms with Gasteiger partial charge in [0.05, 0.1) is 16.7 Å². The van der Waals surface area contributed by atoms with E-state index >= 15 is 0 Å². The standard InChI is InChI=1S/C24H26F3N5O/c1-29-13-18(12-28)16-2-4-17(5-3-16)19-14-30-15-20(24(25,26)27)21(19)32-10-7-23(8-11-32)6-9-31-22(23)33/h2-5,12-15,28-29H,6-11H2,1H3,(H,31,33)/b18-13+,28-12?. The van der Waals surface area contributed by atoms with Crippen LogP contribution in [0.15, 0.2) is 42.9 Å². The molecule has 174 valence electrons. The predicted molar refractivity (Wildman–Crippen MR) is 122 cm³/mol. The number of hydrogen-bond donors (Lipinski definition) is 3. The zero-order valence-corrected chi connectivity index (χ0v) is 18.3. The number of rotatable bonds is 5. The Morgan fingerprint density at radius 3 is 2.42 bits per heavy atom. The quantitative estimate of drug-likeness (QED) is 0.591. The molecule has 6 nitrogen and oxygen atoms in total. The first-order valence-corrected chi connectivity index (χ1v) is 10.9. The predicted octanol–water partition coefficient (Wildman–Crippen LogP) is 4.08. The van der Waals surface area contributed by atoms with Crippen molar-refractivity contribution in [2.45, 2.75) is 25.4 Å². The van der Waals surface area contributed by atoms with E-state index in [1.165, 1.54) is 12.4 Å². The zero-order valence-electron chi connectivity index (χ0n) is 18.3. The van der Waals surface area contributed by atoms with E-state index in [4.69, 9.17) is 5.41 Å². The molecule has 4 rings (SSSR count). The number of nitrogens with one attached hydrogen (secondary N) is 3. The molecule has 0 atom stereocenters. The number of alkyl halides is 3. The first-order chi connectivity index (χ1) is 15.8. The molecule has 1 amide bonds. The number of amides is 1. The second-order valence-corrected chi connectivity index (χ2v) is 8.46. The van der Waals surface area contributed by atoms with E-state index in [1.54, 1.807) is 42.4 Å². The van der Waals surface area contributed by atoms with Gasteiger partial charge in [0.15, 0.2) is 0 Å². The molecule has 33 heavy (non-hydrogen) atoms. The molecular weight excluding hydrogens is 431 g/mol. The third kappa shape index (κ3) is 4.31. The summed E-state index contributed by atoms with van der Waals surface area (Å²) in [4.78, 5) is 18.0. The van der Waals surface area contributed by atoms with E-state index in [0.29, 0.717) is 49.2 Å². The van der Waals surface area contributed by atoms with Crippen LogP contribution in [0.2, 0.25) is 0 Å². The molecule has 0 saturated carbocycles. The number of anilines is 1. The van der Waals surface area contributed by atoms with Crippen LogP contribution in [-0.4, -0.2) is 43.8 Å². The van der Waals surface area contributed by atoms with Gasteiger partial charge in [-0.1, -0.05) is 24.3 Å². The van der Waals surface area contributed by atoms with E-state index in [2.05, 4.69) is 15.6 Å². The van der Waals surface area contributed by atoms with Crippen molar-refractivity contribution in [1.29, 1.82) is 5.41 Å². The molecule has 1 aromatic heterocycles. The number of halogens is 3. The first-order valence-electron chi connectivity index (χ1n) is 10.9. The van der Waals surface area contributed by atoms with Crippen molar-refractivity contribution in [3.8, 4) is 11.1 Å². The van der Waals surface area contributed by atoms with Gasteiger partial charge in [-0.05, 0) is 30.4 Å². The normalized spacial score (nSPS) is 18.4. The number of aromatic nitrogens is 1. The SMILES string of the molecule is CN/C=C(\C=N)c1ccc(-c2cncc(C(F)(F)F)c2N2CCC3(CCNC3=O)CC2)cc1. The molecule has 2 saturated heterocycles. The Bertz CT molecular complexity index is 1070. The van der Waals surface area contributed by atoms with Crippen molar-refractivity contribution < 1.29 is 18.0 Å². The Balaban J connectivity index is 1.72. The third-order valence-corrected chi connectivity index (χ3v) is 6.62. The van der Waals surface area contributed by atoms with E-state index in [0.717, 1.165) is 18.2 Å². The first kappa shape index (κ1) is 22.8. The highest BCUT2D eigenvalue weighted by atomic mass is 19.4. The fourth-order valence-corrected chi connectivity index (χ4v) is 4.77. The second kappa shape index (κ2) is 8.88. The number of carbonyl (C=O) groups excluding carboxylic acids is 1. The largest absolute Gasteiger partial charge is 0.419 e. The minimum Gasteiger partial charge on any atom is -0.393 e. The smallest absolute Gasteiger partial charge is 0.393 e. The maximum atomic E-state index is 14.0. The number of carbonyl (C=O) groups is 1. The number of pyridine rings is 1. The molecule has 0 unspecified atom stereocenters. The average Bonchev–Trinajstić information content (AvgIpc) is 3.16. The lowest BCUT2D eigenvalue weighted by Crippen LogP contribution is -2.44. The van der Waals surface area contributed by atoms with Crippen molar-refractivity contribution in [3.63, 3.8) is 0 Å². The monoisotopic (exact) mass is 457 g/mol. The Morgan fingerprint density at radius 1 is 1.18 bits per heavy atom. The van der Waals surface area contributed by atoms with Gasteiger partial charge in [-0.2, -0.15) is 13.2 Å². The molecule has 2 aliphatic heterocycles. The van der Waals surface area contributed by atoms with Crippen molar-refractivity contribution in [3.05, 3.63) is 54.0 Å². The van der Waals surface area contributed by atoms with Crippen LogP contribution in [-0.2, 0) is 11.0 Å². The molecular formula is C24H26F3N5O. The zero-order chi connectivity index (χ0) is 23.6. The van der Waals surface area contributed by atoms with Gasteiger partial charge in [-0.3, -0.25) is 9.78 Å². The van der Waals surface area contributed by atoms with Crippen LogP contribution in [0.25, 0.3) is 16.7 Å². The van der Waals surface area contributed by atoms with Crippen molar-refractivity contribution >= 4 is 23.4 Å². The molecule has 0 radical (unpaired) electrons. The van der Waals surface area contributed by atoms with Crippen LogP contribution < -0.4 is 15.5 Å². The fraction of sp³-hybridized carbons (Fsp3) is 0.375. The Morgan fingerprint density at radius 2 is 1.88 bits per heavy atom. The van der Waals surface area contributed by atoms with Crippen LogP contribution in [0.3, 0.4) is 0 Å². The Hall–Kier alpha value is -3.36. The summed E-state index contributed by atoms with van der Waals surface area (Å²) in [5.74, 6) is 0.0142. The van der Waals surface area contributed by atoms with Gasteiger partial charge in [0.2, 0.25) is 5.91 Å². The van der Waals surface area contributed by atoms with Crippen molar-refractivity contribution in [2.75, 3.05) is 31.6 Å². The van der Waals surface area contributed by atoms with Crippen LogP contribution >= 0.6 is 0 Å². The number of piperidine rings is 1. The lowest BCUT2D eigenvalue weighted by Gasteiger charge is -2.40. The summed E-state index contributed by atoms with van der Waals surface area (Å²) >= 11 is 0. The Labute approximate surface area is 190 Å². The van der Waals surface area contributed by atoms with Gasteiger partial charge in [-0.15, -0.1) is 0 Å². The van der Waals surface area contributed by atoms with E-state index < -0.39 is 17.2 Å². The second-order valence-electron chi connectivity index (χ2n) is 8.46. The number of allylic oxidation sites excluding steroid dienone is 1. The summed E-state index contributed by atoms with van der Waals surface area (Å²) in [6.07, 6.45) is 2.46. The number of benzene rings is 1. The van der Waals surface area contributed by atoms with Crippen molar-refractivity contribution in [1.82, 2.24) is 15.6 Å². The lowest BCUT2D eigenvalue weighted by atomic mass is 9.77. The molecule has 2 fully saturated rings. The van der Waals surface area contributed by atoms with Crippen LogP contribution in [0.1, 0.15) is 30.4 Å². The van der Waals surface area contributed by atoms with E-state index in [1.807, 2.05) is 0 Å². The van der Waals surface area contributed by atoms with E-state index in [9.17, 15) is 18.0 Å². The number of hydrogen-bond acceptors (Lipinski definition) is 5. The minimum atomic E-state index is -4.55. The molecule has 3 heterocycles. The van der Waals surface area contributed by atoms with Crippen LogP contribution in [0, 0.1) is 10.8 Å². The number of nitrogens with zero attached hydrogens (tertiary/aromatic N) is 2. The van der Waals surface area contributed by atoms with Gasteiger partial charge >= 0.3 is 6.18 Å². The molecule has 9 heteroatoms. The van der Waals surface area contributed by atoms with Gasteiger partial charge in [0.25, 0.3) is 0 Å². The average molecular weight is 458 g/mol. The summed E-state index contributed by atoms with van der Waals surface area (Å²) in [7, 11) is 1.73. The molecule has 0 aliphatic carbocycles. The Kier molecular flexibility index (Phi) is 6.14. The maximum Gasteiger partial charge on any atom is 0.419 e. The van der Waals surface area contributed by atoms with Gasteiger partial charge in [0, 0.05) is 62.6 Å². The summed E-state index contributed by atoms with van der Waals surface area (Å²) < 4.78 is 42.0. The van der Waals surface area contributed by atoms with Crippen LogP contribution in [0.4, 0.5) is 18.9 Å². The van der Waals surface area contributed by atoms with Gasteiger partial charge < -0.3 is 20.9 Å². The molecule has 1 spiro atoms. The summed E-state index contributed by atoms with van der Waals surface area (Å²) in [5, 5.41) is 13.3. The molecule has 3 N–H and O–H groups in total. The minimum absolute atomic E-state index is 0.0142. The topological polar surface area (TPSA) is 81.1 Å². The lowest BCUT2D eigenvalue weighted by molar-refractivity contribution is -0.137. The van der Waals surface area contributed by atoms with Crippen LogP contribution in [0.5, 0.6) is 0 Å². The van der Waals surface area contributed by atoms with Crippen molar-refractivity contribution in [2.24, 2.45) is 5.41 Å². The molecule has 0 bridgehead atoms. The highest BCUT2D eigenvalue weighted by Crippen LogP contribution is 2.45. The molecule has 2 aliphatic rings. The molecule has 1 aromatic carbocycles.